The Morgan fingerprint density at radius 2 is 1.65 bits per heavy atom. The normalized spacial score (nSPS) is 21.0. The largest absolute Gasteiger partial charge is 0.390 e. The third-order valence-electron chi connectivity index (χ3n) is 8.86. The number of thiazole rings is 1. The molecule has 2 saturated carbocycles. The van der Waals surface area contributed by atoms with Crippen LogP contribution in [-0.2, 0) is 16.4 Å². The van der Waals surface area contributed by atoms with Crippen molar-refractivity contribution < 1.29 is 36.2 Å². The summed E-state index contributed by atoms with van der Waals surface area (Å²) in [5.74, 6) is -4.75. The lowest BCUT2D eigenvalue weighted by Crippen LogP contribution is -2.36. The number of nitrogens with one attached hydrogen (secondary N) is 2. The first-order valence-electron chi connectivity index (χ1n) is 15.5. The molecule has 0 amide bonds. The molecule has 7 rings (SSSR count). The van der Waals surface area contributed by atoms with Crippen LogP contribution in [0.2, 0.25) is 0 Å². The lowest BCUT2D eigenvalue weighted by atomic mass is 10.1. The molecule has 0 aliphatic heterocycles. The van der Waals surface area contributed by atoms with Crippen molar-refractivity contribution in [3.8, 4) is 10.6 Å². The van der Waals surface area contributed by atoms with Crippen molar-refractivity contribution in [2.45, 2.75) is 61.8 Å². The second-order valence-corrected chi connectivity index (χ2v) is 15.4. The van der Waals surface area contributed by atoms with Gasteiger partial charge in [-0.05, 0) is 56.5 Å². The van der Waals surface area contributed by atoms with Gasteiger partial charge in [-0.3, -0.25) is 4.98 Å². The van der Waals surface area contributed by atoms with Gasteiger partial charge >= 0.3 is 0 Å². The van der Waals surface area contributed by atoms with Gasteiger partial charge in [-0.25, -0.2) is 35.9 Å². The summed E-state index contributed by atoms with van der Waals surface area (Å²) in [6.07, 6.45) is 0.965. The van der Waals surface area contributed by atoms with E-state index >= 15 is 0 Å². The van der Waals surface area contributed by atoms with E-state index in [0.717, 1.165) is 53.0 Å². The molecule has 0 radical (unpaired) electrons. The van der Waals surface area contributed by atoms with Crippen molar-refractivity contribution in [3.63, 3.8) is 0 Å². The molecule has 4 atom stereocenters. The minimum atomic E-state index is -3.94. The van der Waals surface area contributed by atoms with E-state index < -0.39 is 75.1 Å². The van der Waals surface area contributed by atoms with E-state index in [1.807, 2.05) is 6.07 Å². The van der Waals surface area contributed by atoms with E-state index in [4.69, 9.17) is 4.98 Å². The van der Waals surface area contributed by atoms with E-state index in [9.17, 15) is 36.2 Å². The van der Waals surface area contributed by atoms with Crippen LogP contribution in [0.25, 0.3) is 20.8 Å². The van der Waals surface area contributed by atoms with E-state index in [-0.39, 0.29) is 23.1 Å². The van der Waals surface area contributed by atoms with Crippen LogP contribution >= 0.6 is 11.3 Å². The highest BCUT2D eigenvalue weighted by molar-refractivity contribution is 7.91. The Kier molecular flexibility index (Phi) is 8.75. The van der Waals surface area contributed by atoms with Gasteiger partial charge in [0.1, 0.15) is 45.7 Å². The van der Waals surface area contributed by atoms with Gasteiger partial charge in [0.25, 0.3) is 0 Å². The van der Waals surface area contributed by atoms with E-state index in [0.29, 0.717) is 34.3 Å². The summed E-state index contributed by atoms with van der Waals surface area (Å²) in [7, 11) is -3.94. The molecule has 5 aromatic rings. The molecule has 256 valence electrons. The number of sulfone groups is 1. The Morgan fingerprint density at radius 3 is 2.35 bits per heavy atom. The van der Waals surface area contributed by atoms with Crippen molar-refractivity contribution in [2.24, 2.45) is 5.92 Å². The Morgan fingerprint density at radius 1 is 0.939 bits per heavy atom. The summed E-state index contributed by atoms with van der Waals surface area (Å²) in [5, 5.41) is 28.5. The van der Waals surface area contributed by atoms with Crippen LogP contribution in [0.1, 0.15) is 42.1 Å². The number of hydrogen-bond donors (Lipinski definition) is 4. The van der Waals surface area contributed by atoms with E-state index in [1.54, 1.807) is 13.1 Å². The third kappa shape index (κ3) is 6.69. The maximum absolute atomic E-state index is 14.4. The molecule has 0 saturated heterocycles. The molecule has 3 heterocycles. The molecule has 49 heavy (non-hydrogen) atoms. The summed E-state index contributed by atoms with van der Waals surface area (Å²) in [4.78, 5) is 18.4. The molecule has 2 aromatic carbocycles. The fourth-order valence-electron chi connectivity index (χ4n) is 6.19. The number of rotatable bonds is 10. The number of halogens is 4. The predicted molar refractivity (Wildman–Crippen MR) is 175 cm³/mol. The molecule has 3 aromatic heterocycles. The van der Waals surface area contributed by atoms with Gasteiger partial charge in [0, 0.05) is 42.3 Å². The molecule has 0 spiro atoms. The zero-order valence-electron chi connectivity index (χ0n) is 25.9. The van der Waals surface area contributed by atoms with Gasteiger partial charge in [-0.1, -0.05) is 0 Å². The highest BCUT2D eigenvalue weighted by atomic mass is 32.2. The number of nitrogens with zero attached hydrogens (tertiary/aromatic N) is 4. The maximum atomic E-state index is 14.4. The van der Waals surface area contributed by atoms with E-state index in [2.05, 4.69) is 25.6 Å². The molecule has 0 bridgehead atoms. The number of hydrogen-bond acceptors (Lipinski definition) is 11. The van der Waals surface area contributed by atoms with Crippen molar-refractivity contribution in [1.29, 1.82) is 0 Å². The number of fused-ring (bicyclic) bond motifs is 1. The summed E-state index contributed by atoms with van der Waals surface area (Å²) in [6.45, 7) is 1.28. The standard InChI is InChI=1S/C33H30F4N6O4S2/c1-15-26(32-42-28-25(48-32)8-9-38-27(28)16-2-3-16)31(43-33(40-15)39-13-21-22(36)11-19(35)12-23(21)37)41-24-10-17(29(44)30(24)45)14-49(46,47)20-6-4-18(34)5-7-20/h4-9,11-12,16-17,24,29-30,44-45H,2-3,10,13-14H2,1H3,(H2,39,40,41,43)/t17-,24-,29-,30+/m1/s1. The molecular weight excluding hydrogens is 685 g/mol. The summed E-state index contributed by atoms with van der Waals surface area (Å²) < 4.78 is 82.8. The smallest absolute Gasteiger partial charge is 0.225 e. The van der Waals surface area contributed by atoms with Crippen LogP contribution in [0, 0.1) is 36.1 Å². The fraction of sp³-hybridized carbons (Fsp3) is 0.333. The Bertz CT molecular complexity index is 2140. The number of anilines is 2. The first-order valence-corrected chi connectivity index (χ1v) is 18.0. The summed E-state index contributed by atoms with van der Waals surface area (Å²) in [6, 6.07) is 6.48. The monoisotopic (exact) mass is 714 g/mol. The first-order chi connectivity index (χ1) is 23.4. The van der Waals surface area contributed by atoms with Gasteiger partial charge in [-0.2, -0.15) is 4.98 Å². The van der Waals surface area contributed by atoms with E-state index in [1.165, 1.54) is 11.3 Å². The molecule has 16 heteroatoms. The molecule has 0 unspecified atom stereocenters. The minimum Gasteiger partial charge on any atom is -0.390 e. The van der Waals surface area contributed by atoms with Crippen LogP contribution in [-0.4, -0.2) is 62.6 Å². The van der Waals surface area contributed by atoms with Crippen molar-refractivity contribution >= 4 is 43.2 Å². The number of aliphatic hydroxyl groups excluding tert-OH is 2. The highest BCUT2D eigenvalue weighted by Crippen LogP contribution is 2.44. The lowest BCUT2D eigenvalue weighted by Gasteiger charge is -2.21. The van der Waals surface area contributed by atoms with Crippen molar-refractivity contribution in [3.05, 3.63) is 88.9 Å². The zero-order chi connectivity index (χ0) is 34.6. The molecule has 2 aliphatic rings. The van der Waals surface area contributed by atoms with Crippen LogP contribution in [0.3, 0.4) is 0 Å². The van der Waals surface area contributed by atoms with Crippen molar-refractivity contribution in [2.75, 3.05) is 16.4 Å². The molecule has 4 N–H and O–H groups in total. The lowest BCUT2D eigenvalue weighted by molar-refractivity contribution is 0.0216. The minimum absolute atomic E-state index is 0.0234. The second kappa shape index (κ2) is 12.9. The molecular formula is C33H30F4N6O4S2. The van der Waals surface area contributed by atoms with Gasteiger partial charge in [0.05, 0.1) is 44.4 Å². The quantitative estimate of drug-likeness (QED) is 0.108. The fourth-order valence-corrected chi connectivity index (χ4v) is 8.89. The number of aliphatic hydroxyl groups is 2. The second-order valence-electron chi connectivity index (χ2n) is 12.4. The van der Waals surface area contributed by atoms with Crippen molar-refractivity contribution in [1.82, 2.24) is 19.9 Å². The molecule has 10 nitrogen and oxygen atoms in total. The van der Waals surface area contributed by atoms with Gasteiger partial charge < -0.3 is 20.8 Å². The number of benzene rings is 2. The Balaban J connectivity index is 1.22. The summed E-state index contributed by atoms with van der Waals surface area (Å²) >= 11 is 1.38. The Hall–Kier alpha value is -4.25. The average molecular weight is 715 g/mol. The average Bonchev–Trinajstić information content (AvgIpc) is 3.75. The number of aromatic nitrogens is 4. The topological polar surface area (TPSA) is 150 Å². The zero-order valence-corrected chi connectivity index (χ0v) is 27.5. The predicted octanol–water partition coefficient (Wildman–Crippen LogP) is 5.50. The van der Waals surface area contributed by atoms with Crippen LogP contribution in [0.15, 0.2) is 53.6 Å². The summed E-state index contributed by atoms with van der Waals surface area (Å²) in [5.41, 5.74) is 2.11. The first kappa shape index (κ1) is 33.3. The van der Waals surface area contributed by atoms with Crippen LogP contribution in [0.4, 0.5) is 29.3 Å². The van der Waals surface area contributed by atoms with Gasteiger partial charge in [0.2, 0.25) is 5.95 Å². The van der Waals surface area contributed by atoms with Crippen LogP contribution in [0.5, 0.6) is 0 Å². The molecule has 2 aliphatic carbocycles. The third-order valence-corrected chi connectivity index (χ3v) is 11.8. The van der Waals surface area contributed by atoms with Gasteiger partial charge in [0.15, 0.2) is 9.84 Å². The number of pyridine rings is 1. The molecule has 2 fully saturated rings. The van der Waals surface area contributed by atoms with Gasteiger partial charge in [-0.15, -0.1) is 11.3 Å². The Labute approximate surface area is 282 Å². The van der Waals surface area contributed by atoms with Crippen LogP contribution < -0.4 is 10.6 Å². The number of aryl methyl sites for hydroxylation is 1. The SMILES string of the molecule is Cc1nc(NCc2c(F)cc(F)cc2F)nc(N[C@@H]2C[C@H](CS(=O)(=O)c3ccc(F)cc3)[C@@H](O)[C@H]2O)c1-c1nc2c(C3CC3)nccc2s1. The highest BCUT2D eigenvalue weighted by Gasteiger charge is 2.44. The maximum Gasteiger partial charge on any atom is 0.225 e.